The van der Waals surface area contributed by atoms with Crippen LogP contribution in [0.15, 0.2) is 24.3 Å². The Morgan fingerprint density at radius 2 is 1.90 bits per heavy atom. The van der Waals surface area contributed by atoms with Crippen LogP contribution in [-0.2, 0) is 4.74 Å². The molecule has 0 bridgehead atoms. The maximum atomic E-state index is 10.8. The summed E-state index contributed by atoms with van der Waals surface area (Å²) >= 11 is 0. The molecular weight excluding hydrogens is 256 g/mol. The van der Waals surface area contributed by atoms with Gasteiger partial charge in [0.05, 0.1) is 12.2 Å². The lowest BCUT2D eigenvalue weighted by Gasteiger charge is -2.07. The number of unbranched alkanes of at least 4 members (excludes halogenated alkanes) is 4. The Morgan fingerprint density at radius 1 is 1.10 bits per heavy atom. The minimum atomic E-state index is -0.946. The number of rotatable bonds is 11. The molecule has 0 saturated carbocycles. The van der Waals surface area contributed by atoms with Crippen molar-refractivity contribution in [1.29, 1.82) is 0 Å². The number of benzene rings is 1. The number of carboxylic acids is 1. The molecule has 0 saturated heterocycles. The van der Waals surface area contributed by atoms with Crippen molar-refractivity contribution in [2.75, 3.05) is 19.8 Å². The fourth-order valence-corrected chi connectivity index (χ4v) is 1.85. The van der Waals surface area contributed by atoms with Gasteiger partial charge in [-0.15, -0.1) is 0 Å². The molecule has 0 aromatic heterocycles. The van der Waals surface area contributed by atoms with Gasteiger partial charge < -0.3 is 14.6 Å². The van der Waals surface area contributed by atoms with Crippen molar-refractivity contribution in [1.82, 2.24) is 0 Å². The molecule has 0 spiro atoms. The Balaban J connectivity index is 2.06. The molecule has 0 aliphatic heterocycles. The average molecular weight is 280 g/mol. The third-order valence-corrected chi connectivity index (χ3v) is 2.97. The molecule has 0 heterocycles. The molecule has 0 radical (unpaired) electrons. The Morgan fingerprint density at radius 3 is 2.65 bits per heavy atom. The third kappa shape index (κ3) is 7.14. The molecular formula is C16H24O4. The summed E-state index contributed by atoms with van der Waals surface area (Å²) in [5.74, 6) is -0.379. The van der Waals surface area contributed by atoms with E-state index >= 15 is 0 Å². The van der Waals surface area contributed by atoms with E-state index in [0.29, 0.717) is 19.0 Å². The maximum Gasteiger partial charge on any atom is 0.335 e. The monoisotopic (exact) mass is 280 g/mol. The molecule has 0 amide bonds. The molecule has 0 fully saturated rings. The minimum Gasteiger partial charge on any atom is -0.491 e. The van der Waals surface area contributed by atoms with E-state index in [9.17, 15) is 4.79 Å². The van der Waals surface area contributed by atoms with Crippen LogP contribution in [-0.4, -0.2) is 30.9 Å². The maximum absolute atomic E-state index is 10.8. The second-order valence-electron chi connectivity index (χ2n) is 4.71. The molecule has 0 atom stereocenters. The van der Waals surface area contributed by atoms with Crippen LogP contribution in [0.4, 0.5) is 0 Å². The molecule has 0 aliphatic carbocycles. The highest BCUT2D eigenvalue weighted by atomic mass is 16.5. The molecule has 1 N–H and O–H groups in total. The number of hydrogen-bond acceptors (Lipinski definition) is 3. The number of ether oxygens (including phenoxy) is 2. The van der Waals surface area contributed by atoms with Crippen molar-refractivity contribution in [2.45, 2.75) is 39.0 Å². The number of carbonyl (C=O) groups is 1. The fraction of sp³-hybridized carbons (Fsp3) is 0.562. The zero-order valence-electron chi connectivity index (χ0n) is 12.1. The van der Waals surface area contributed by atoms with Gasteiger partial charge in [-0.3, -0.25) is 0 Å². The van der Waals surface area contributed by atoms with Crippen molar-refractivity contribution >= 4 is 5.97 Å². The zero-order valence-corrected chi connectivity index (χ0v) is 12.1. The zero-order chi connectivity index (χ0) is 14.6. The molecule has 1 aromatic rings. The van der Waals surface area contributed by atoms with Gasteiger partial charge in [-0.05, 0) is 24.6 Å². The quantitative estimate of drug-likeness (QED) is 0.627. The summed E-state index contributed by atoms with van der Waals surface area (Å²) in [6.07, 6.45) is 6.13. The number of carboxylic acid groups (broad SMARTS) is 1. The van der Waals surface area contributed by atoms with E-state index in [1.54, 1.807) is 18.2 Å². The third-order valence-electron chi connectivity index (χ3n) is 2.97. The second-order valence-corrected chi connectivity index (χ2v) is 4.71. The highest BCUT2D eigenvalue weighted by Gasteiger charge is 2.03. The van der Waals surface area contributed by atoms with E-state index in [4.69, 9.17) is 14.6 Å². The van der Waals surface area contributed by atoms with E-state index in [1.807, 2.05) is 0 Å². The predicted molar refractivity (Wildman–Crippen MR) is 78.5 cm³/mol. The van der Waals surface area contributed by atoms with Gasteiger partial charge in [0.1, 0.15) is 12.4 Å². The predicted octanol–water partition coefficient (Wildman–Crippen LogP) is 3.75. The largest absolute Gasteiger partial charge is 0.491 e. The lowest BCUT2D eigenvalue weighted by Crippen LogP contribution is -2.08. The van der Waals surface area contributed by atoms with Gasteiger partial charge in [-0.25, -0.2) is 4.79 Å². The highest BCUT2D eigenvalue weighted by molar-refractivity contribution is 5.87. The summed E-state index contributed by atoms with van der Waals surface area (Å²) in [7, 11) is 0. The molecule has 1 rings (SSSR count). The summed E-state index contributed by atoms with van der Waals surface area (Å²) in [4.78, 5) is 10.8. The van der Waals surface area contributed by atoms with Crippen LogP contribution in [0.2, 0.25) is 0 Å². The number of hydrogen-bond donors (Lipinski definition) is 1. The van der Waals surface area contributed by atoms with Crippen LogP contribution in [0.25, 0.3) is 0 Å². The van der Waals surface area contributed by atoms with Crippen LogP contribution >= 0.6 is 0 Å². The van der Waals surface area contributed by atoms with Gasteiger partial charge in [-0.1, -0.05) is 38.7 Å². The normalized spacial score (nSPS) is 10.4. The second kappa shape index (κ2) is 10.3. The van der Waals surface area contributed by atoms with Crippen molar-refractivity contribution in [3.05, 3.63) is 29.8 Å². The lowest BCUT2D eigenvalue weighted by atomic mass is 10.2. The summed E-state index contributed by atoms with van der Waals surface area (Å²) < 4.78 is 10.9. The van der Waals surface area contributed by atoms with Gasteiger partial charge >= 0.3 is 5.97 Å². The Labute approximate surface area is 120 Å². The minimum absolute atomic E-state index is 0.236. The van der Waals surface area contributed by atoms with Crippen LogP contribution in [0, 0.1) is 0 Å². The van der Waals surface area contributed by atoms with Gasteiger partial charge in [0.15, 0.2) is 0 Å². The van der Waals surface area contributed by atoms with Gasteiger partial charge in [0.2, 0.25) is 0 Å². The van der Waals surface area contributed by atoms with E-state index < -0.39 is 5.97 Å². The van der Waals surface area contributed by atoms with Crippen molar-refractivity contribution in [3.63, 3.8) is 0 Å². The molecule has 1 aromatic carbocycles. The standard InChI is InChI=1S/C16H24O4/c1-2-3-4-5-6-10-19-11-12-20-15-9-7-8-14(13-15)16(17)18/h7-9,13H,2-6,10-12H2,1H3,(H,17,18). The smallest absolute Gasteiger partial charge is 0.335 e. The topological polar surface area (TPSA) is 55.8 Å². The summed E-state index contributed by atoms with van der Waals surface area (Å²) in [6, 6.07) is 6.49. The molecule has 112 valence electrons. The summed E-state index contributed by atoms with van der Waals surface area (Å²) in [5.41, 5.74) is 0.236. The Bertz CT molecular complexity index is 390. The average Bonchev–Trinajstić information content (AvgIpc) is 2.46. The van der Waals surface area contributed by atoms with Crippen molar-refractivity contribution in [2.24, 2.45) is 0 Å². The van der Waals surface area contributed by atoms with Gasteiger partial charge in [0.25, 0.3) is 0 Å². The first kappa shape index (κ1) is 16.5. The van der Waals surface area contributed by atoms with Crippen LogP contribution in [0.5, 0.6) is 5.75 Å². The lowest BCUT2D eigenvalue weighted by molar-refractivity contribution is 0.0696. The fourth-order valence-electron chi connectivity index (χ4n) is 1.85. The molecule has 20 heavy (non-hydrogen) atoms. The van der Waals surface area contributed by atoms with E-state index in [2.05, 4.69) is 6.92 Å². The molecule has 0 unspecified atom stereocenters. The molecule has 4 nitrogen and oxygen atoms in total. The van der Waals surface area contributed by atoms with Crippen molar-refractivity contribution < 1.29 is 19.4 Å². The summed E-state index contributed by atoms with van der Waals surface area (Å²) in [6.45, 7) is 3.94. The molecule has 4 heteroatoms. The van der Waals surface area contributed by atoms with Crippen LogP contribution in [0.1, 0.15) is 49.4 Å². The summed E-state index contributed by atoms with van der Waals surface area (Å²) in [5, 5.41) is 8.86. The first-order valence-corrected chi connectivity index (χ1v) is 7.28. The van der Waals surface area contributed by atoms with E-state index in [1.165, 1.54) is 31.7 Å². The highest BCUT2D eigenvalue weighted by Crippen LogP contribution is 2.13. The molecule has 0 aliphatic rings. The van der Waals surface area contributed by atoms with E-state index in [-0.39, 0.29) is 5.56 Å². The van der Waals surface area contributed by atoms with Gasteiger partial charge in [-0.2, -0.15) is 0 Å². The van der Waals surface area contributed by atoms with Crippen molar-refractivity contribution in [3.8, 4) is 5.75 Å². The van der Waals surface area contributed by atoms with Crippen LogP contribution in [0.3, 0.4) is 0 Å². The first-order chi connectivity index (χ1) is 9.74. The van der Waals surface area contributed by atoms with E-state index in [0.717, 1.165) is 13.0 Å². The first-order valence-electron chi connectivity index (χ1n) is 7.28. The Kier molecular flexibility index (Phi) is 8.47. The van der Waals surface area contributed by atoms with Gasteiger partial charge in [0, 0.05) is 6.61 Å². The Hall–Kier alpha value is -1.55. The number of aromatic carboxylic acids is 1. The van der Waals surface area contributed by atoms with Crippen LogP contribution < -0.4 is 4.74 Å². The SMILES string of the molecule is CCCCCCCOCCOc1cccc(C(=O)O)c1.